The van der Waals surface area contributed by atoms with E-state index in [1.54, 1.807) is 0 Å². The van der Waals surface area contributed by atoms with Crippen molar-refractivity contribution in [1.29, 1.82) is 0 Å². The van der Waals surface area contributed by atoms with Crippen LogP contribution in [0.3, 0.4) is 0 Å². The first-order valence-electron chi connectivity index (χ1n) is 6.68. The van der Waals surface area contributed by atoms with Gasteiger partial charge < -0.3 is 9.47 Å². The number of ether oxygens (including phenoxy) is 2. The second-order valence-corrected chi connectivity index (χ2v) is 5.24. The van der Waals surface area contributed by atoms with Gasteiger partial charge in [-0.25, -0.2) is 0 Å². The number of rotatable bonds is 3. The molecule has 0 unspecified atom stereocenters. The van der Waals surface area contributed by atoms with Crippen molar-refractivity contribution in [3.63, 3.8) is 0 Å². The van der Waals surface area contributed by atoms with Gasteiger partial charge in [0, 0.05) is 11.3 Å². The zero-order valence-electron chi connectivity index (χ0n) is 10.6. The van der Waals surface area contributed by atoms with Crippen LogP contribution < -0.4 is 0 Å². The van der Waals surface area contributed by atoms with E-state index >= 15 is 0 Å². The van der Waals surface area contributed by atoms with Gasteiger partial charge in [-0.2, -0.15) is 0 Å². The molecule has 1 heterocycles. The first kappa shape index (κ1) is 12.1. The minimum atomic E-state index is 0.0520. The van der Waals surface area contributed by atoms with Crippen LogP contribution in [-0.4, -0.2) is 19.5 Å². The fraction of sp³-hybridized carbons (Fsp3) is 0.857. The highest BCUT2D eigenvalue weighted by atomic mass is 16.7. The van der Waals surface area contributed by atoms with Crippen LogP contribution in [0, 0.1) is 11.3 Å². The van der Waals surface area contributed by atoms with Gasteiger partial charge in [0.25, 0.3) is 0 Å². The Hall–Kier alpha value is -0.340. The number of hydrogen-bond acceptors (Lipinski definition) is 2. The third kappa shape index (κ3) is 2.49. The Morgan fingerprint density at radius 1 is 1.12 bits per heavy atom. The molecule has 1 aliphatic carbocycles. The van der Waals surface area contributed by atoms with E-state index < -0.39 is 0 Å². The van der Waals surface area contributed by atoms with Crippen LogP contribution in [0.15, 0.2) is 12.2 Å². The van der Waals surface area contributed by atoms with E-state index in [1.807, 2.05) is 0 Å². The molecule has 1 atom stereocenters. The zero-order valence-corrected chi connectivity index (χ0v) is 10.6. The van der Waals surface area contributed by atoms with Crippen molar-refractivity contribution >= 4 is 0 Å². The van der Waals surface area contributed by atoms with Crippen molar-refractivity contribution in [3.05, 3.63) is 12.2 Å². The lowest BCUT2D eigenvalue weighted by molar-refractivity contribution is -0.252. The quantitative estimate of drug-likeness (QED) is 0.683. The summed E-state index contributed by atoms with van der Waals surface area (Å²) >= 11 is 0. The third-order valence-corrected chi connectivity index (χ3v) is 4.30. The van der Waals surface area contributed by atoms with Crippen LogP contribution in [0.25, 0.3) is 0 Å². The first-order chi connectivity index (χ1) is 7.79. The Labute approximate surface area is 99.0 Å². The summed E-state index contributed by atoms with van der Waals surface area (Å²) in [7, 11) is 0. The molecule has 2 aliphatic rings. The predicted octanol–water partition coefficient (Wildman–Crippen LogP) is 3.52. The normalized spacial score (nSPS) is 30.5. The predicted molar refractivity (Wildman–Crippen MR) is 65.2 cm³/mol. The Morgan fingerprint density at radius 2 is 1.81 bits per heavy atom. The summed E-state index contributed by atoms with van der Waals surface area (Å²) in [5.74, 6) is 0.580. The average molecular weight is 224 g/mol. The summed E-state index contributed by atoms with van der Waals surface area (Å²) in [5.41, 5.74) is 0.279. The van der Waals surface area contributed by atoms with E-state index in [0.29, 0.717) is 5.92 Å². The summed E-state index contributed by atoms with van der Waals surface area (Å²) < 4.78 is 11.9. The maximum atomic E-state index is 5.96. The number of hydrogen-bond donors (Lipinski definition) is 0. The highest BCUT2D eigenvalue weighted by Crippen LogP contribution is 2.35. The summed E-state index contributed by atoms with van der Waals surface area (Å²) in [5, 5.41) is 0. The molecule has 1 aliphatic heterocycles. The van der Waals surface area contributed by atoms with Crippen LogP contribution in [0.5, 0.6) is 0 Å². The van der Waals surface area contributed by atoms with E-state index in [9.17, 15) is 0 Å². The molecule has 0 bridgehead atoms. The van der Waals surface area contributed by atoms with Gasteiger partial charge in [0.05, 0.1) is 13.2 Å². The van der Waals surface area contributed by atoms with Crippen LogP contribution in [0.1, 0.15) is 46.0 Å². The molecule has 92 valence electrons. The van der Waals surface area contributed by atoms with Crippen molar-refractivity contribution < 1.29 is 9.47 Å². The fourth-order valence-electron chi connectivity index (χ4n) is 2.60. The van der Waals surface area contributed by atoms with Gasteiger partial charge in [0.1, 0.15) is 0 Å². The Morgan fingerprint density at radius 3 is 2.31 bits per heavy atom. The molecule has 16 heavy (non-hydrogen) atoms. The summed E-state index contributed by atoms with van der Waals surface area (Å²) in [6.07, 6.45) is 10.4. The molecule has 0 aromatic rings. The monoisotopic (exact) mass is 224 g/mol. The minimum absolute atomic E-state index is 0.0520. The van der Waals surface area contributed by atoms with Crippen molar-refractivity contribution in [2.24, 2.45) is 11.3 Å². The molecule has 0 aromatic carbocycles. The van der Waals surface area contributed by atoms with Crippen LogP contribution in [-0.2, 0) is 9.47 Å². The van der Waals surface area contributed by atoms with Crippen molar-refractivity contribution in [2.75, 3.05) is 13.2 Å². The molecule has 2 nitrogen and oxygen atoms in total. The van der Waals surface area contributed by atoms with Gasteiger partial charge in [-0.15, -0.1) is 0 Å². The van der Waals surface area contributed by atoms with Crippen molar-refractivity contribution in [3.8, 4) is 0 Å². The zero-order chi connectivity index (χ0) is 11.4. The van der Waals surface area contributed by atoms with E-state index in [1.165, 1.54) is 12.8 Å². The molecule has 2 rings (SSSR count). The lowest BCUT2D eigenvalue weighted by atomic mass is 9.83. The molecular formula is C14H24O2. The minimum Gasteiger partial charge on any atom is -0.352 e. The van der Waals surface area contributed by atoms with Gasteiger partial charge in [0.2, 0.25) is 0 Å². The van der Waals surface area contributed by atoms with Gasteiger partial charge in [-0.05, 0) is 32.1 Å². The maximum Gasteiger partial charge on any atom is 0.160 e. The highest BCUT2D eigenvalue weighted by Gasteiger charge is 2.36. The van der Waals surface area contributed by atoms with Crippen LogP contribution in [0.2, 0.25) is 0 Å². The third-order valence-electron chi connectivity index (χ3n) is 4.30. The number of allylic oxidation sites excluding steroid dienone is 2. The maximum absolute atomic E-state index is 5.96. The van der Waals surface area contributed by atoms with Gasteiger partial charge in [-0.3, -0.25) is 0 Å². The first-order valence-corrected chi connectivity index (χ1v) is 6.68. The van der Waals surface area contributed by atoms with Crippen LogP contribution >= 0.6 is 0 Å². The molecule has 0 aromatic heterocycles. The second kappa shape index (κ2) is 5.33. The van der Waals surface area contributed by atoms with Crippen LogP contribution in [0.4, 0.5) is 0 Å². The van der Waals surface area contributed by atoms with E-state index in [0.717, 1.165) is 32.5 Å². The fourth-order valence-corrected chi connectivity index (χ4v) is 2.60. The van der Waals surface area contributed by atoms with E-state index in [-0.39, 0.29) is 11.7 Å². The molecule has 0 saturated carbocycles. The molecular weight excluding hydrogens is 200 g/mol. The van der Waals surface area contributed by atoms with E-state index in [2.05, 4.69) is 26.0 Å². The second-order valence-electron chi connectivity index (χ2n) is 5.24. The van der Waals surface area contributed by atoms with E-state index in [4.69, 9.17) is 9.47 Å². The summed E-state index contributed by atoms with van der Waals surface area (Å²) in [4.78, 5) is 0. The van der Waals surface area contributed by atoms with Crippen molar-refractivity contribution in [2.45, 2.75) is 52.2 Å². The summed E-state index contributed by atoms with van der Waals surface area (Å²) in [6.45, 7) is 6.23. The Bertz CT molecular complexity index is 233. The van der Waals surface area contributed by atoms with Gasteiger partial charge in [-0.1, -0.05) is 26.0 Å². The SMILES string of the molecule is CCC1(CC)COC([C@H]2CC=CCC2)OC1. The average Bonchev–Trinajstić information content (AvgIpc) is 2.40. The highest BCUT2D eigenvalue weighted by molar-refractivity contribution is 4.92. The molecule has 1 saturated heterocycles. The lowest BCUT2D eigenvalue weighted by Crippen LogP contribution is -2.44. The molecule has 0 spiro atoms. The Kier molecular flexibility index (Phi) is 4.04. The standard InChI is InChI=1S/C14H24O2/c1-3-14(4-2)10-15-13(16-11-14)12-8-6-5-7-9-12/h5-6,12-13H,3-4,7-11H2,1-2H3/t12-/m0/s1. The van der Waals surface area contributed by atoms with Crippen molar-refractivity contribution in [1.82, 2.24) is 0 Å². The lowest BCUT2D eigenvalue weighted by Gasteiger charge is -2.41. The topological polar surface area (TPSA) is 18.5 Å². The molecule has 2 heteroatoms. The largest absolute Gasteiger partial charge is 0.352 e. The van der Waals surface area contributed by atoms with Gasteiger partial charge >= 0.3 is 0 Å². The molecule has 0 radical (unpaired) electrons. The van der Waals surface area contributed by atoms with Gasteiger partial charge in [0.15, 0.2) is 6.29 Å². The molecule has 0 N–H and O–H groups in total. The summed E-state index contributed by atoms with van der Waals surface area (Å²) in [6, 6.07) is 0. The smallest absolute Gasteiger partial charge is 0.160 e. The molecule has 1 fully saturated rings. The Balaban J connectivity index is 1.86. The molecule has 0 amide bonds.